The number of benzene rings is 2. The number of amides is 1. The summed E-state index contributed by atoms with van der Waals surface area (Å²) in [7, 11) is 0. The molecule has 1 heterocycles. The van der Waals surface area contributed by atoms with Gasteiger partial charge in [-0.15, -0.1) is 0 Å². The normalized spacial score (nSPS) is 11.9. The number of halogens is 7. The number of likely N-dealkylation sites (N-methyl/N-ethyl adjacent to an activating group) is 1. The monoisotopic (exact) mass is 566 g/mol. The van der Waals surface area contributed by atoms with Crippen molar-refractivity contribution in [3.05, 3.63) is 69.4 Å². The third kappa shape index (κ3) is 7.81. The van der Waals surface area contributed by atoms with E-state index in [1.54, 1.807) is 0 Å². The number of aliphatic carboxylic acids is 1. The molecule has 0 aliphatic heterocycles. The van der Waals surface area contributed by atoms with E-state index >= 15 is 0 Å². The van der Waals surface area contributed by atoms with Crippen LogP contribution in [0.3, 0.4) is 0 Å². The fourth-order valence-corrected chi connectivity index (χ4v) is 3.77. The Morgan fingerprint density at radius 3 is 2.05 bits per heavy atom. The van der Waals surface area contributed by atoms with Crippen molar-refractivity contribution in [2.24, 2.45) is 5.73 Å². The van der Waals surface area contributed by atoms with Crippen LogP contribution in [-0.4, -0.2) is 56.8 Å². The molecule has 0 saturated heterocycles. The van der Waals surface area contributed by atoms with Gasteiger partial charge in [0.25, 0.3) is 0 Å². The number of rotatable bonds is 8. The second-order valence-electron chi connectivity index (χ2n) is 8.23. The molecule has 214 valence electrons. The summed E-state index contributed by atoms with van der Waals surface area (Å²) in [5.41, 5.74) is 3.04. The summed E-state index contributed by atoms with van der Waals surface area (Å²) in [5.74, 6) is -4.35. The van der Waals surface area contributed by atoms with Gasteiger partial charge in [-0.1, -0.05) is 26.0 Å². The van der Waals surface area contributed by atoms with Gasteiger partial charge in [0.15, 0.2) is 0 Å². The van der Waals surface area contributed by atoms with Gasteiger partial charge in [0.2, 0.25) is 5.91 Å². The lowest BCUT2D eigenvalue weighted by Gasteiger charge is -2.18. The number of hydrogen-bond donors (Lipinski definition) is 2. The van der Waals surface area contributed by atoms with E-state index in [0.717, 1.165) is 10.6 Å². The van der Waals surface area contributed by atoms with Crippen LogP contribution in [0, 0.1) is 5.82 Å². The summed E-state index contributed by atoms with van der Waals surface area (Å²) in [5, 5.41) is 7.12. The summed E-state index contributed by atoms with van der Waals surface area (Å²) in [6.45, 7) is 5.56. The van der Waals surface area contributed by atoms with Crippen LogP contribution in [-0.2, 0) is 24.1 Å². The van der Waals surface area contributed by atoms with E-state index in [1.165, 1.54) is 28.8 Å². The SMILES string of the molecule is CCN(CC)CCn1c(=O)n(Cc2cccc(F)c2)c2c(C(F)(F)F)cc(C(N)=O)cc21.O=C(O)C(F)(F)F. The van der Waals surface area contributed by atoms with Gasteiger partial charge < -0.3 is 15.7 Å². The predicted octanol–water partition coefficient (Wildman–Crippen LogP) is 4.08. The van der Waals surface area contributed by atoms with Crippen molar-refractivity contribution in [3.8, 4) is 0 Å². The molecule has 0 atom stereocenters. The van der Waals surface area contributed by atoms with Crippen LogP contribution in [0.2, 0.25) is 0 Å². The number of nitrogens with zero attached hydrogens (tertiary/aromatic N) is 3. The number of fused-ring (bicyclic) bond motifs is 1. The van der Waals surface area contributed by atoms with Crippen LogP contribution < -0.4 is 11.4 Å². The van der Waals surface area contributed by atoms with Crippen molar-refractivity contribution in [2.75, 3.05) is 19.6 Å². The Bertz CT molecular complexity index is 1390. The average Bonchev–Trinajstić information content (AvgIpc) is 3.09. The Morgan fingerprint density at radius 2 is 1.59 bits per heavy atom. The first kappa shape index (κ1) is 31.3. The van der Waals surface area contributed by atoms with Gasteiger partial charge >= 0.3 is 24.0 Å². The molecule has 3 N–H and O–H groups in total. The van der Waals surface area contributed by atoms with Gasteiger partial charge in [-0.25, -0.2) is 14.0 Å². The van der Waals surface area contributed by atoms with Crippen LogP contribution in [0.4, 0.5) is 30.7 Å². The van der Waals surface area contributed by atoms with Gasteiger partial charge in [-0.2, -0.15) is 26.3 Å². The zero-order valence-corrected chi connectivity index (χ0v) is 20.7. The van der Waals surface area contributed by atoms with Crippen molar-refractivity contribution in [1.29, 1.82) is 0 Å². The molecule has 8 nitrogen and oxygen atoms in total. The van der Waals surface area contributed by atoms with E-state index in [4.69, 9.17) is 15.6 Å². The first-order valence-corrected chi connectivity index (χ1v) is 11.4. The summed E-state index contributed by atoms with van der Waals surface area (Å²) in [6.07, 6.45) is -9.93. The van der Waals surface area contributed by atoms with Gasteiger partial charge in [-0.3, -0.25) is 13.9 Å². The maximum Gasteiger partial charge on any atom is 0.490 e. The van der Waals surface area contributed by atoms with Gasteiger partial charge in [0, 0.05) is 18.7 Å². The van der Waals surface area contributed by atoms with E-state index in [-0.39, 0.29) is 29.7 Å². The lowest BCUT2D eigenvalue weighted by atomic mass is 10.1. The van der Waals surface area contributed by atoms with Crippen molar-refractivity contribution >= 4 is 22.9 Å². The average molecular weight is 566 g/mol. The van der Waals surface area contributed by atoms with E-state index in [1.807, 2.05) is 18.7 Å². The standard InChI is InChI=1S/C22H24F4N4O2.C2HF3O2/c1-3-28(4-2)8-9-29-18-12-15(20(27)31)11-17(22(24,25)26)19(18)30(21(29)32)13-14-6-5-7-16(23)10-14;3-2(4,5)1(6)7/h5-7,10-12H,3-4,8-9,13H2,1-2H3,(H2,27,31);(H,6,7). The molecular weight excluding hydrogens is 541 g/mol. The molecule has 0 aliphatic carbocycles. The highest BCUT2D eigenvalue weighted by Gasteiger charge is 2.38. The Kier molecular flexibility index (Phi) is 9.90. The number of alkyl halides is 6. The first-order valence-electron chi connectivity index (χ1n) is 11.4. The number of carbonyl (C=O) groups excluding carboxylic acids is 1. The highest BCUT2D eigenvalue weighted by molar-refractivity contribution is 5.97. The quantitative estimate of drug-likeness (QED) is 0.400. The minimum Gasteiger partial charge on any atom is -0.475 e. The molecule has 0 bridgehead atoms. The number of carboxylic acids is 1. The van der Waals surface area contributed by atoms with Crippen LogP contribution in [0.5, 0.6) is 0 Å². The number of hydrogen-bond acceptors (Lipinski definition) is 4. The summed E-state index contributed by atoms with van der Waals surface area (Å²) in [6, 6.07) is 7.18. The number of primary amides is 1. The fraction of sp³-hybridized carbons (Fsp3) is 0.375. The van der Waals surface area contributed by atoms with Crippen molar-refractivity contribution in [2.45, 2.75) is 39.3 Å². The van der Waals surface area contributed by atoms with Gasteiger partial charge in [0.1, 0.15) is 5.82 Å². The molecule has 0 spiro atoms. The van der Waals surface area contributed by atoms with E-state index in [9.17, 15) is 40.3 Å². The number of imidazole rings is 1. The molecule has 3 rings (SSSR count). The highest BCUT2D eigenvalue weighted by Crippen LogP contribution is 2.36. The number of carboxylic acid groups (broad SMARTS) is 1. The summed E-state index contributed by atoms with van der Waals surface area (Å²) < 4.78 is 89.5. The van der Waals surface area contributed by atoms with Crippen molar-refractivity contribution in [3.63, 3.8) is 0 Å². The topological polar surface area (TPSA) is 111 Å². The van der Waals surface area contributed by atoms with E-state index in [2.05, 4.69) is 0 Å². The molecule has 1 aromatic heterocycles. The number of nitrogens with two attached hydrogens (primary N) is 1. The van der Waals surface area contributed by atoms with Crippen LogP contribution in [0.25, 0.3) is 11.0 Å². The molecule has 39 heavy (non-hydrogen) atoms. The zero-order valence-electron chi connectivity index (χ0n) is 20.7. The smallest absolute Gasteiger partial charge is 0.475 e. The van der Waals surface area contributed by atoms with Crippen LogP contribution in [0.1, 0.15) is 35.3 Å². The molecule has 3 aromatic rings. The van der Waals surface area contributed by atoms with Crippen molar-refractivity contribution in [1.82, 2.24) is 14.0 Å². The highest BCUT2D eigenvalue weighted by atomic mass is 19.4. The van der Waals surface area contributed by atoms with Crippen LogP contribution >= 0.6 is 0 Å². The molecule has 0 saturated carbocycles. The van der Waals surface area contributed by atoms with E-state index in [0.29, 0.717) is 31.3 Å². The lowest BCUT2D eigenvalue weighted by Crippen LogP contribution is -2.32. The second-order valence-corrected chi connectivity index (χ2v) is 8.23. The molecule has 0 fully saturated rings. The lowest BCUT2D eigenvalue weighted by molar-refractivity contribution is -0.192. The molecule has 0 aliphatic rings. The number of carbonyl (C=O) groups is 2. The molecular formula is C24H25F7N4O4. The number of aromatic nitrogens is 2. The molecule has 0 unspecified atom stereocenters. The molecule has 1 amide bonds. The minimum atomic E-state index is -5.08. The Hall–Kier alpha value is -3.88. The molecule has 2 aromatic carbocycles. The summed E-state index contributed by atoms with van der Waals surface area (Å²) in [4.78, 5) is 35.9. The first-order chi connectivity index (χ1) is 18.0. The summed E-state index contributed by atoms with van der Waals surface area (Å²) >= 11 is 0. The Balaban J connectivity index is 0.000000673. The Morgan fingerprint density at radius 1 is 1.00 bits per heavy atom. The fourth-order valence-electron chi connectivity index (χ4n) is 3.77. The minimum absolute atomic E-state index is 0.0396. The van der Waals surface area contributed by atoms with Crippen LogP contribution in [0.15, 0.2) is 41.2 Å². The van der Waals surface area contributed by atoms with Crippen molar-refractivity contribution < 1.29 is 45.4 Å². The predicted molar refractivity (Wildman–Crippen MR) is 127 cm³/mol. The van der Waals surface area contributed by atoms with E-state index < -0.39 is 41.3 Å². The maximum atomic E-state index is 14.0. The third-order valence-corrected chi connectivity index (χ3v) is 5.71. The third-order valence-electron chi connectivity index (χ3n) is 5.71. The Labute approximate surface area is 217 Å². The molecule has 0 radical (unpaired) electrons. The van der Waals surface area contributed by atoms with Gasteiger partial charge in [-0.05, 0) is 42.9 Å². The second kappa shape index (κ2) is 12.3. The maximum absolute atomic E-state index is 14.0. The zero-order chi connectivity index (χ0) is 29.7. The largest absolute Gasteiger partial charge is 0.490 e. The molecule has 15 heteroatoms. The van der Waals surface area contributed by atoms with Gasteiger partial charge in [0.05, 0.1) is 23.1 Å².